The maximum atomic E-state index is 13.9. The van der Waals surface area contributed by atoms with Crippen LogP contribution in [0.4, 0.5) is 4.39 Å². The topological polar surface area (TPSA) is 121 Å². The largest absolute Gasteiger partial charge is 0.490 e. The average Bonchev–Trinajstić information content (AvgIpc) is 2.68. The summed E-state index contributed by atoms with van der Waals surface area (Å²) in [7, 11) is 0. The maximum absolute atomic E-state index is 13.9. The number of hydrogen-bond acceptors (Lipinski definition) is 6. The lowest BCUT2D eigenvalue weighted by molar-refractivity contribution is -0.139. The van der Waals surface area contributed by atoms with Gasteiger partial charge in [-0.3, -0.25) is 4.79 Å². The Morgan fingerprint density at radius 3 is 2.66 bits per heavy atom. The van der Waals surface area contributed by atoms with Crippen molar-refractivity contribution in [2.75, 3.05) is 13.2 Å². The SMILES string of the molecule is CCOc1cc(/C=N\NC(=O)c2ccc(C#N)cc2F)c(Br)cc1OCC(=O)O. The molecule has 0 unspecified atom stereocenters. The van der Waals surface area contributed by atoms with E-state index in [-0.39, 0.29) is 16.9 Å². The highest BCUT2D eigenvalue weighted by molar-refractivity contribution is 9.10. The Balaban J connectivity index is 2.17. The molecule has 0 radical (unpaired) electrons. The molecule has 0 heterocycles. The third-order valence-corrected chi connectivity index (χ3v) is 4.11. The van der Waals surface area contributed by atoms with E-state index in [1.54, 1.807) is 19.1 Å². The van der Waals surface area contributed by atoms with Crippen molar-refractivity contribution in [3.8, 4) is 17.6 Å². The van der Waals surface area contributed by atoms with Crippen LogP contribution in [0.3, 0.4) is 0 Å². The highest BCUT2D eigenvalue weighted by atomic mass is 79.9. The zero-order chi connectivity index (χ0) is 21.4. The number of hydrogen-bond donors (Lipinski definition) is 2. The van der Waals surface area contributed by atoms with Gasteiger partial charge in [-0.1, -0.05) is 0 Å². The molecule has 1 amide bonds. The predicted octanol–water partition coefficient (Wildman–Crippen LogP) is 3.09. The molecule has 29 heavy (non-hydrogen) atoms. The van der Waals surface area contributed by atoms with Gasteiger partial charge >= 0.3 is 5.97 Å². The molecule has 0 fully saturated rings. The second kappa shape index (κ2) is 10.2. The van der Waals surface area contributed by atoms with Crippen molar-refractivity contribution >= 4 is 34.0 Å². The van der Waals surface area contributed by atoms with E-state index in [4.69, 9.17) is 19.8 Å². The summed E-state index contributed by atoms with van der Waals surface area (Å²) in [5.74, 6) is -2.24. The maximum Gasteiger partial charge on any atom is 0.341 e. The van der Waals surface area contributed by atoms with E-state index in [2.05, 4.69) is 26.5 Å². The van der Waals surface area contributed by atoms with E-state index in [9.17, 15) is 14.0 Å². The number of halogens is 2. The summed E-state index contributed by atoms with van der Waals surface area (Å²) in [4.78, 5) is 22.7. The smallest absolute Gasteiger partial charge is 0.341 e. The Morgan fingerprint density at radius 2 is 2.03 bits per heavy atom. The van der Waals surface area contributed by atoms with E-state index in [0.29, 0.717) is 22.4 Å². The number of carboxylic acids is 1. The zero-order valence-corrected chi connectivity index (χ0v) is 16.7. The van der Waals surface area contributed by atoms with Gasteiger partial charge in [0.25, 0.3) is 5.91 Å². The molecule has 2 aromatic carbocycles. The molecule has 0 bridgehead atoms. The van der Waals surface area contributed by atoms with Gasteiger partial charge in [-0.05, 0) is 53.2 Å². The van der Waals surface area contributed by atoms with Crippen LogP contribution < -0.4 is 14.9 Å². The first-order chi connectivity index (χ1) is 13.8. The average molecular weight is 464 g/mol. The fraction of sp³-hybridized carbons (Fsp3) is 0.158. The fourth-order valence-corrected chi connectivity index (χ4v) is 2.58. The van der Waals surface area contributed by atoms with Gasteiger partial charge in [0.15, 0.2) is 18.1 Å². The fourth-order valence-electron chi connectivity index (χ4n) is 2.16. The van der Waals surface area contributed by atoms with Gasteiger partial charge in [0, 0.05) is 10.0 Å². The first-order valence-corrected chi connectivity index (χ1v) is 8.99. The summed E-state index contributed by atoms with van der Waals surface area (Å²) in [5.41, 5.74) is 2.53. The van der Waals surface area contributed by atoms with Crippen molar-refractivity contribution in [1.82, 2.24) is 5.43 Å². The molecular formula is C19H15BrFN3O5. The molecule has 0 aliphatic carbocycles. The molecule has 0 spiro atoms. The van der Waals surface area contributed by atoms with Crippen molar-refractivity contribution in [2.45, 2.75) is 6.92 Å². The number of amides is 1. The van der Waals surface area contributed by atoms with Crippen molar-refractivity contribution in [3.63, 3.8) is 0 Å². The summed E-state index contributed by atoms with van der Waals surface area (Å²) < 4.78 is 25.0. The Bertz CT molecular complexity index is 1000. The number of carbonyl (C=O) groups is 2. The second-order valence-electron chi connectivity index (χ2n) is 5.44. The first-order valence-electron chi connectivity index (χ1n) is 8.19. The molecule has 0 aliphatic rings. The molecular weight excluding hydrogens is 449 g/mol. The Labute approximate surface area is 173 Å². The molecule has 2 N–H and O–H groups in total. The number of nitrogens with zero attached hydrogens (tertiary/aromatic N) is 2. The van der Waals surface area contributed by atoms with Crippen LogP contribution in [0.1, 0.15) is 28.4 Å². The number of nitriles is 1. The normalized spacial score (nSPS) is 10.4. The van der Waals surface area contributed by atoms with Gasteiger partial charge < -0.3 is 14.6 Å². The Hall–Kier alpha value is -3.45. The van der Waals surface area contributed by atoms with Crippen molar-refractivity contribution < 1.29 is 28.6 Å². The van der Waals surface area contributed by atoms with Gasteiger partial charge in [0.05, 0.1) is 30.0 Å². The number of carboxylic acid groups (broad SMARTS) is 1. The minimum Gasteiger partial charge on any atom is -0.490 e. The van der Waals surface area contributed by atoms with Crippen LogP contribution >= 0.6 is 15.9 Å². The number of aliphatic carboxylic acids is 1. The van der Waals surface area contributed by atoms with Crippen LogP contribution in [-0.4, -0.2) is 36.4 Å². The third-order valence-electron chi connectivity index (χ3n) is 3.43. The molecule has 0 atom stereocenters. The van der Waals surface area contributed by atoms with E-state index in [1.807, 2.05) is 0 Å². The Kier molecular flexibility index (Phi) is 7.68. The molecule has 2 rings (SSSR count). The lowest BCUT2D eigenvalue weighted by Crippen LogP contribution is -2.19. The predicted molar refractivity (Wildman–Crippen MR) is 105 cm³/mol. The van der Waals surface area contributed by atoms with Crippen LogP contribution in [0.25, 0.3) is 0 Å². The highest BCUT2D eigenvalue weighted by Gasteiger charge is 2.13. The lowest BCUT2D eigenvalue weighted by atomic mass is 10.1. The van der Waals surface area contributed by atoms with Crippen LogP contribution in [0.15, 0.2) is 39.9 Å². The summed E-state index contributed by atoms with van der Waals surface area (Å²) in [6, 6.07) is 8.31. The van der Waals surface area contributed by atoms with Crippen LogP contribution in [0, 0.1) is 17.1 Å². The van der Waals surface area contributed by atoms with Gasteiger partial charge in [-0.2, -0.15) is 10.4 Å². The van der Waals surface area contributed by atoms with Crippen molar-refractivity contribution in [3.05, 3.63) is 57.3 Å². The number of ether oxygens (including phenoxy) is 2. The van der Waals surface area contributed by atoms with Gasteiger partial charge in [0.2, 0.25) is 0 Å². The van der Waals surface area contributed by atoms with E-state index >= 15 is 0 Å². The van der Waals surface area contributed by atoms with Gasteiger partial charge in [-0.15, -0.1) is 0 Å². The van der Waals surface area contributed by atoms with E-state index < -0.39 is 24.3 Å². The molecule has 150 valence electrons. The number of nitrogens with one attached hydrogen (secondary N) is 1. The second-order valence-corrected chi connectivity index (χ2v) is 6.30. The third kappa shape index (κ3) is 6.02. The zero-order valence-electron chi connectivity index (χ0n) is 15.1. The first kappa shape index (κ1) is 21.8. The molecule has 0 saturated carbocycles. The van der Waals surface area contributed by atoms with Crippen molar-refractivity contribution in [1.29, 1.82) is 5.26 Å². The Morgan fingerprint density at radius 1 is 1.31 bits per heavy atom. The summed E-state index contributed by atoms with van der Waals surface area (Å²) >= 11 is 3.30. The van der Waals surface area contributed by atoms with Gasteiger partial charge in [-0.25, -0.2) is 14.6 Å². The monoisotopic (exact) mass is 463 g/mol. The molecule has 8 nitrogen and oxygen atoms in total. The van der Waals surface area contributed by atoms with Crippen LogP contribution in [0.5, 0.6) is 11.5 Å². The minimum absolute atomic E-state index is 0.0974. The van der Waals surface area contributed by atoms with E-state index in [1.165, 1.54) is 24.4 Å². The van der Waals surface area contributed by atoms with Crippen LogP contribution in [-0.2, 0) is 4.79 Å². The van der Waals surface area contributed by atoms with Gasteiger partial charge in [0.1, 0.15) is 5.82 Å². The molecule has 0 saturated heterocycles. The quantitative estimate of drug-likeness (QED) is 0.458. The molecule has 0 aromatic heterocycles. The standard InChI is InChI=1S/C19H15BrFN3O5/c1-2-28-16-6-12(14(20)7-17(16)29-10-18(25)26)9-23-24-19(27)13-4-3-11(8-22)5-15(13)21/h3-7,9H,2,10H2,1H3,(H,24,27)(H,25,26)/b23-9-. The van der Waals surface area contributed by atoms with Crippen LogP contribution in [0.2, 0.25) is 0 Å². The lowest BCUT2D eigenvalue weighted by Gasteiger charge is -2.12. The highest BCUT2D eigenvalue weighted by Crippen LogP contribution is 2.33. The number of hydrazone groups is 1. The number of carbonyl (C=O) groups excluding carboxylic acids is 1. The summed E-state index contributed by atoms with van der Waals surface area (Å²) in [6.45, 7) is 1.53. The number of benzene rings is 2. The molecule has 2 aromatic rings. The molecule has 0 aliphatic heterocycles. The van der Waals surface area contributed by atoms with E-state index in [0.717, 1.165) is 6.07 Å². The minimum atomic E-state index is -1.13. The number of rotatable bonds is 8. The van der Waals surface area contributed by atoms with Crippen molar-refractivity contribution in [2.24, 2.45) is 5.10 Å². The summed E-state index contributed by atoms with van der Waals surface area (Å²) in [6.07, 6.45) is 1.30. The molecule has 10 heteroatoms. The summed E-state index contributed by atoms with van der Waals surface area (Å²) in [5, 5.41) is 21.3.